The topological polar surface area (TPSA) is 75.2 Å². The summed E-state index contributed by atoms with van der Waals surface area (Å²) in [5.41, 5.74) is 8.58. The van der Waals surface area contributed by atoms with Crippen molar-refractivity contribution in [3.63, 3.8) is 0 Å². The average Bonchev–Trinajstić information content (AvgIpc) is 2.79. The first-order chi connectivity index (χ1) is 9.19. The number of aryl methyl sites for hydroxylation is 1. The standard InChI is InChI=1S/C13H18N4O2/c1-17-11(10(8-14)15-16-17)6-9-4-5-12(18-2)13(7-9)19-3/h4-5,7H,6,8,14H2,1-3H3. The van der Waals surface area contributed by atoms with Crippen LogP contribution in [0.2, 0.25) is 0 Å². The number of hydrogen-bond donors (Lipinski definition) is 1. The molecule has 0 aliphatic carbocycles. The van der Waals surface area contributed by atoms with Gasteiger partial charge in [-0.05, 0) is 17.7 Å². The number of methoxy groups -OCH3 is 2. The monoisotopic (exact) mass is 262 g/mol. The summed E-state index contributed by atoms with van der Waals surface area (Å²) in [7, 11) is 5.11. The van der Waals surface area contributed by atoms with E-state index in [1.807, 2.05) is 25.2 Å². The van der Waals surface area contributed by atoms with Crippen molar-refractivity contribution in [3.05, 3.63) is 35.2 Å². The molecule has 2 rings (SSSR count). The Labute approximate surface area is 112 Å². The van der Waals surface area contributed by atoms with Crippen molar-refractivity contribution in [1.29, 1.82) is 0 Å². The Kier molecular flexibility index (Phi) is 4.01. The Morgan fingerprint density at radius 2 is 1.95 bits per heavy atom. The van der Waals surface area contributed by atoms with Gasteiger partial charge in [0.25, 0.3) is 0 Å². The molecule has 1 aromatic heterocycles. The number of rotatable bonds is 5. The largest absolute Gasteiger partial charge is 0.493 e. The second kappa shape index (κ2) is 5.71. The van der Waals surface area contributed by atoms with Crippen LogP contribution in [0.4, 0.5) is 0 Å². The van der Waals surface area contributed by atoms with E-state index < -0.39 is 0 Å². The molecule has 0 spiro atoms. The number of benzene rings is 1. The van der Waals surface area contributed by atoms with E-state index in [2.05, 4.69) is 10.3 Å². The number of nitrogens with zero attached hydrogens (tertiary/aromatic N) is 3. The minimum Gasteiger partial charge on any atom is -0.493 e. The summed E-state index contributed by atoms with van der Waals surface area (Å²) in [5.74, 6) is 1.43. The van der Waals surface area contributed by atoms with Crippen molar-refractivity contribution in [2.45, 2.75) is 13.0 Å². The van der Waals surface area contributed by atoms with Gasteiger partial charge in [0.15, 0.2) is 11.5 Å². The fourth-order valence-electron chi connectivity index (χ4n) is 1.98. The maximum atomic E-state index is 5.66. The molecule has 19 heavy (non-hydrogen) atoms. The Bertz CT molecular complexity index is 566. The lowest BCUT2D eigenvalue weighted by molar-refractivity contribution is 0.354. The summed E-state index contributed by atoms with van der Waals surface area (Å²) in [5, 5.41) is 8.03. The predicted molar refractivity (Wildman–Crippen MR) is 71.2 cm³/mol. The van der Waals surface area contributed by atoms with Gasteiger partial charge >= 0.3 is 0 Å². The van der Waals surface area contributed by atoms with Crippen LogP contribution in [0.1, 0.15) is 17.0 Å². The van der Waals surface area contributed by atoms with Crippen molar-refractivity contribution in [2.75, 3.05) is 14.2 Å². The van der Waals surface area contributed by atoms with E-state index in [1.165, 1.54) is 0 Å². The van der Waals surface area contributed by atoms with Crippen LogP contribution in [-0.4, -0.2) is 29.2 Å². The molecular weight excluding hydrogens is 244 g/mol. The molecule has 0 aliphatic rings. The number of nitrogens with two attached hydrogens (primary N) is 1. The molecular formula is C13H18N4O2. The molecule has 0 radical (unpaired) electrons. The highest BCUT2D eigenvalue weighted by molar-refractivity contribution is 5.44. The van der Waals surface area contributed by atoms with Crippen LogP contribution in [0.15, 0.2) is 18.2 Å². The summed E-state index contributed by atoms with van der Waals surface area (Å²) in [6, 6.07) is 5.83. The molecule has 2 N–H and O–H groups in total. The highest BCUT2D eigenvalue weighted by Gasteiger charge is 2.11. The zero-order chi connectivity index (χ0) is 13.8. The normalized spacial score (nSPS) is 10.5. The summed E-state index contributed by atoms with van der Waals surface area (Å²) < 4.78 is 12.3. The van der Waals surface area contributed by atoms with Crippen molar-refractivity contribution < 1.29 is 9.47 Å². The molecule has 0 amide bonds. The van der Waals surface area contributed by atoms with E-state index in [0.717, 1.165) is 17.0 Å². The first kappa shape index (κ1) is 13.4. The van der Waals surface area contributed by atoms with Gasteiger partial charge in [0.2, 0.25) is 0 Å². The van der Waals surface area contributed by atoms with Crippen molar-refractivity contribution in [1.82, 2.24) is 15.0 Å². The Hall–Kier alpha value is -2.08. The van der Waals surface area contributed by atoms with Gasteiger partial charge in [-0.15, -0.1) is 5.10 Å². The van der Waals surface area contributed by atoms with Gasteiger partial charge in [0.1, 0.15) is 0 Å². The molecule has 0 unspecified atom stereocenters. The molecule has 6 nitrogen and oxygen atoms in total. The maximum Gasteiger partial charge on any atom is 0.160 e. The number of aromatic nitrogens is 3. The van der Waals surface area contributed by atoms with E-state index in [1.54, 1.807) is 18.9 Å². The summed E-state index contributed by atoms with van der Waals surface area (Å²) in [4.78, 5) is 0. The fraction of sp³-hybridized carbons (Fsp3) is 0.385. The zero-order valence-corrected chi connectivity index (χ0v) is 11.4. The molecule has 102 valence electrons. The molecule has 1 aromatic carbocycles. The van der Waals surface area contributed by atoms with E-state index in [4.69, 9.17) is 15.2 Å². The molecule has 2 aromatic rings. The predicted octanol–water partition coefficient (Wildman–Crippen LogP) is 0.882. The summed E-state index contributed by atoms with van der Waals surface area (Å²) >= 11 is 0. The first-order valence-electron chi connectivity index (χ1n) is 5.98. The van der Waals surface area contributed by atoms with Crippen LogP contribution < -0.4 is 15.2 Å². The molecule has 0 aliphatic heterocycles. The number of hydrogen-bond acceptors (Lipinski definition) is 5. The lowest BCUT2D eigenvalue weighted by Gasteiger charge is -2.10. The Balaban J connectivity index is 2.30. The minimum absolute atomic E-state index is 0.385. The highest BCUT2D eigenvalue weighted by atomic mass is 16.5. The van der Waals surface area contributed by atoms with E-state index >= 15 is 0 Å². The summed E-state index contributed by atoms with van der Waals surface area (Å²) in [6.07, 6.45) is 0.705. The fourth-order valence-corrected chi connectivity index (χ4v) is 1.98. The molecule has 0 saturated carbocycles. The van der Waals surface area contributed by atoms with E-state index in [-0.39, 0.29) is 0 Å². The van der Waals surface area contributed by atoms with Crippen LogP contribution in [0.3, 0.4) is 0 Å². The SMILES string of the molecule is COc1ccc(Cc2c(CN)nnn2C)cc1OC. The van der Waals surface area contributed by atoms with Crippen LogP contribution in [0.5, 0.6) is 11.5 Å². The molecule has 0 saturated heterocycles. The lowest BCUT2D eigenvalue weighted by atomic mass is 10.1. The molecule has 0 fully saturated rings. The van der Waals surface area contributed by atoms with Gasteiger partial charge in [-0.2, -0.15) is 0 Å². The third kappa shape index (κ3) is 2.68. The Morgan fingerprint density at radius 1 is 1.21 bits per heavy atom. The van der Waals surface area contributed by atoms with Crippen LogP contribution in [-0.2, 0) is 20.0 Å². The second-order valence-corrected chi connectivity index (χ2v) is 4.18. The molecule has 0 atom stereocenters. The van der Waals surface area contributed by atoms with Crippen molar-refractivity contribution >= 4 is 0 Å². The Morgan fingerprint density at radius 3 is 2.58 bits per heavy atom. The van der Waals surface area contributed by atoms with E-state index in [0.29, 0.717) is 24.5 Å². The van der Waals surface area contributed by atoms with Crippen LogP contribution in [0.25, 0.3) is 0 Å². The third-order valence-corrected chi connectivity index (χ3v) is 3.04. The minimum atomic E-state index is 0.385. The lowest BCUT2D eigenvalue weighted by Crippen LogP contribution is -2.05. The van der Waals surface area contributed by atoms with Gasteiger partial charge in [-0.1, -0.05) is 11.3 Å². The highest BCUT2D eigenvalue weighted by Crippen LogP contribution is 2.28. The van der Waals surface area contributed by atoms with Gasteiger partial charge in [0, 0.05) is 20.0 Å². The molecule has 6 heteroatoms. The van der Waals surface area contributed by atoms with E-state index in [9.17, 15) is 0 Å². The van der Waals surface area contributed by atoms with Crippen molar-refractivity contribution in [2.24, 2.45) is 12.8 Å². The quantitative estimate of drug-likeness (QED) is 0.865. The first-order valence-corrected chi connectivity index (χ1v) is 5.98. The van der Waals surface area contributed by atoms with Gasteiger partial charge in [-0.25, -0.2) is 0 Å². The van der Waals surface area contributed by atoms with Crippen molar-refractivity contribution in [3.8, 4) is 11.5 Å². The average molecular weight is 262 g/mol. The zero-order valence-electron chi connectivity index (χ0n) is 11.4. The molecule has 0 bridgehead atoms. The van der Waals surface area contributed by atoms with Crippen LogP contribution in [0, 0.1) is 0 Å². The number of ether oxygens (including phenoxy) is 2. The summed E-state index contributed by atoms with van der Waals surface area (Å²) in [6.45, 7) is 0.385. The van der Waals surface area contributed by atoms with Gasteiger partial charge in [-0.3, -0.25) is 4.68 Å². The molecule has 1 heterocycles. The van der Waals surface area contributed by atoms with Gasteiger partial charge < -0.3 is 15.2 Å². The maximum absolute atomic E-state index is 5.66. The van der Waals surface area contributed by atoms with Gasteiger partial charge in [0.05, 0.1) is 25.6 Å². The third-order valence-electron chi connectivity index (χ3n) is 3.04. The smallest absolute Gasteiger partial charge is 0.160 e. The second-order valence-electron chi connectivity index (χ2n) is 4.18. The van der Waals surface area contributed by atoms with Crippen LogP contribution >= 0.6 is 0 Å².